The third kappa shape index (κ3) is 4.03. The van der Waals surface area contributed by atoms with Crippen molar-refractivity contribution < 1.29 is 18.7 Å². The van der Waals surface area contributed by atoms with Gasteiger partial charge in [0.15, 0.2) is 0 Å². The Labute approximate surface area is 173 Å². The zero-order chi connectivity index (χ0) is 20.8. The lowest BCUT2D eigenvalue weighted by molar-refractivity contribution is 0.0225. The number of carbonyl (C=O) groups excluding carboxylic acids is 1. The Hall–Kier alpha value is -2.73. The number of carbonyl (C=O) groups is 1. The second-order valence-electron chi connectivity index (χ2n) is 8.06. The van der Waals surface area contributed by atoms with Gasteiger partial charge in [-0.05, 0) is 57.2 Å². The molecule has 0 saturated heterocycles. The van der Waals surface area contributed by atoms with Gasteiger partial charge in [-0.3, -0.25) is 0 Å². The van der Waals surface area contributed by atoms with Crippen LogP contribution in [0.15, 0.2) is 42.6 Å². The fourth-order valence-corrected chi connectivity index (χ4v) is 3.70. The maximum Gasteiger partial charge on any atom is 0.410 e. The molecule has 3 aromatic rings. The minimum Gasteiger partial charge on any atom is -0.490 e. The molecule has 0 fully saturated rings. The van der Waals surface area contributed by atoms with E-state index in [1.165, 1.54) is 12.1 Å². The fourth-order valence-electron chi connectivity index (χ4n) is 3.42. The Morgan fingerprint density at radius 1 is 1.21 bits per heavy atom. The van der Waals surface area contributed by atoms with Crippen molar-refractivity contribution in [3.63, 3.8) is 0 Å². The summed E-state index contributed by atoms with van der Waals surface area (Å²) in [6.07, 6.45) is 1.48. The summed E-state index contributed by atoms with van der Waals surface area (Å²) in [6.45, 7) is 6.57. The maximum absolute atomic E-state index is 13.5. The number of halogens is 2. The van der Waals surface area contributed by atoms with E-state index >= 15 is 0 Å². The molecule has 0 radical (unpaired) electrons. The second kappa shape index (κ2) is 7.26. The maximum atomic E-state index is 13.5. The predicted molar refractivity (Wildman–Crippen MR) is 110 cm³/mol. The lowest BCUT2D eigenvalue weighted by Gasteiger charge is -2.26. The first-order chi connectivity index (χ1) is 13.7. The lowest BCUT2D eigenvalue weighted by atomic mass is 10.1. The predicted octanol–water partition coefficient (Wildman–Crippen LogP) is 5.55. The fraction of sp³-hybridized carbons (Fsp3) is 0.318. The van der Waals surface area contributed by atoms with Crippen molar-refractivity contribution in [1.29, 1.82) is 0 Å². The molecule has 2 aromatic carbocycles. The van der Waals surface area contributed by atoms with Gasteiger partial charge in [0.1, 0.15) is 23.8 Å². The number of benzene rings is 2. The number of amides is 1. The molecule has 5 nitrogen and oxygen atoms in total. The largest absolute Gasteiger partial charge is 0.490 e. The normalized spacial score (nSPS) is 14.3. The zero-order valence-corrected chi connectivity index (χ0v) is 17.3. The van der Waals surface area contributed by atoms with E-state index in [-0.39, 0.29) is 5.82 Å². The van der Waals surface area contributed by atoms with Gasteiger partial charge in [0, 0.05) is 22.8 Å². The van der Waals surface area contributed by atoms with Gasteiger partial charge < -0.3 is 18.9 Å². The van der Waals surface area contributed by atoms with E-state index < -0.39 is 11.7 Å². The standard InChI is InChI=1S/C22H22ClFN2O3/c1-22(2,3)29-21(27)25-8-9-28-20-15(13-25)11-17(12-18(20)23)26-7-6-14-10-16(24)4-5-19(14)26/h4-7,10-12H,8-9,13H2,1-3H3. The summed E-state index contributed by atoms with van der Waals surface area (Å²) in [5.41, 5.74) is 1.89. The van der Waals surface area contributed by atoms with Gasteiger partial charge in [-0.25, -0.2) is 9.18 Å². The molecular formula is C22H22ClFN2O3. The zero-order valence-electron chi connectivity index (χ0n) is 16.5. The summed E-state index contributed by atoms with van der Waals surface area (Å²) < 4.78 is 26.8. The van der Waals surface area contributed by atoms with Crippen LogP contribution in [0, 0.1) is 5.82 Å². The molecule has 0 saturated carbocycles. The first kappa shape index (κ1) is 19.6. The average molecular weight is 417 g/mol. The number of hydrogen-bond acceptors (Lipinski definition) is 3. The highest BCUT2D eigenvalue weighted by Gasteiger charge is 2.26. The van der Waals surface area contributed by atoms with Crippen molar-refractivity contribution in [2.75, 3.05) is 13.2 Å². The second-order valence-corrected chi connectivity index (χ2v) is 8.46. The molecule has 1 amide bonds. The van der Waals surface area contributed by atoms with Gasteiger partial charge in [-0.2, -0.15) is 0 Å². The van der Waals surface area contributed by atoms with Crippen LogP contribution in [0.2, 0.25) is 5.02 Å². The summed E-state index contributed by atoms with van der Waals surface area (Å²) in [5.74, 6) is 0.292. The van der Waals surface area contributed by atoms with Crippen LogP contribution >= 0.6 is 11.6 Å². The highest BCUT2D eigenvalue weighted by molar-refractivity contribution is 6.32. The van der Waals surface area contributed by atoms with Crippen molar-refractivity contribution in [2.24, 2.45) is 0 Å². The Kier molecular flexibility index (Phi) is 4.90. The number of nitrogens with zero attached hydrogens (tertiary/aromatic N) is 2. The van der Waals surface area contributed by atoms with Gasteiger partial charge in [0.05, 0.1) is 23.6 Å². The Morgan fingerprint density at radius 2 is 2.00 bits per heavy atom. The molecule has 152 valence electrons. The summed E-state index contributed by atoms with van der Waals surface area (Å²) in [5, 5.41) is 1.26. The molecule has 0 N–H and O–H groups in total. The molecule has 0 aliphatic carbocycles. The van der Waals surface area contributed by atoms with E-state index in [0.717, 1.165) is 22.2 Å². The van der Waals surface area contributed by atoms with Gasteiger partial charge in [0.2, 0.25) is 0 Å². The molecule has 4 rings (SSSR count). The first-order valence-electron chi connectivity index (χ1n) is 9.41. The SMILES string of the molecule is CC(C)(C)OC(=O)N1CCOc2c(Cl)cc(-n3ccc4cc(F)ccc43)cc2C1. The van der Waals surface area contributed by atoms with Crippen LogP contribution in [0.1, 0.15) is 26.3 Å². The lowest BCUT2D eigenvalue weighted by Crippen LogP contribution is -2.37. The van der Waals surface area contributed by atoms with Crippen molar-refractivity contribution >= 4 is 28.6 Å². The Balaban J connectivity index is 1.72. The molecule has 0 bridgehead atoms. The topological polar surface area (TPSA) is 43.7 Å². The number of ether oxygens (including phenoxy) is 2. The summed E-state index contributed by atoms with van der Waals surface area (Å²) in [6, 6.07) is 10.2. The van der Waals surface area contributed by atoms with Crippen LogP contribution < -0.4 is 4.74 Å². The molecule has 1 aliphatic rings. The van der Waals surface area contributed by atoms with E-state index in [2.05, 4.69) is 0 Å². The van der Waals surface area contributed by atoms with Gasteiger partial charge in [0.25, 0.3) is 0 Å². The van der Waals surface area contributed by atoms with Crippen LogP contribution in [0.4, 0.5) is 9.18 Å². The van der Waals surface area contributed by atoms with Crippen LogP contribution in [0.25, 0.3) is 16.6 Å². The first-order valence-corrected chi connectivity index (χ1v) is 9.79. The van der Waals surface area contributed by atoms with Crippen LogP contribution in [0.5, 0.6) is 5.75 Å². The molecule has 1 aromatic heterocycles. The van der Waals surface area contributed by atoms with E-state index in [9.17, 15) is 9.18 Å². The Morgan fingerprint density at radius 3 is 2.76 bits per heavy atom. The quantitative estimate of drug-likeness (QED) is 0.522. The molecule has 0 unspecified atom stereocenters. The number of hydrogen-bond donors (Lipinski definition) is 0. The van der Waals surface area contributed by atoms with Crippen molar-refractivity contribution in [1.82, 2.24) is 9.47 Å². The summed E-state index contributed by atoms with van der Waals surface area (Å²) in [4.78, 5) is 14.2. The highest BCUT2D eigenvalue weighted by Crippen LogP contribution is 2.35. The summed E-state index contributed by atoms with van der Waals surface area (Å²) >= 11 is 6.51. The van der Waals surface area contributed by atoms with Crippen LogP contribution in [-0.2, 0) is 11.3 Å². The Bertz CT molecular complexity index is 1090. The van der Waals surface area contributed by atoms with Gasteiger partial charge >= 0.3 is 6.09 Å². The molecule has 0 atom stereocenters. The molecule has 0 spiro atoms. The summed E-state index contributed by atoms with van der Waals surface area (Å²) in [7, 11) is 0. The van der Waals surface area contributed by atoms with E-state index in [0.29, 0.717) is 30.5 Å². The van der Waals surface area contributed by atoms with Crippen LogP contribution in [0.3, 0.4) is 0 Å². The molecule has 2 heterocycles. The van der Waals surface area contributed by atoms with E-state index in [1.54, 1.807) is 11.0 Å². The van der Waals surface area contributed by atoms with E-state index in [1.807, 2.05) is 49.7 Å². The molecule has 29 heavy (non-hydrogen) atoms. The number of rotatable bonds is 1. The smallest absolute Gasteiger partial charge is 0.410 e. The van der Waals surface area contributed by atoms with Gasteiger partial charge in [-0.1, -0.05) is 11.6 Å². The molecular weight excluding hydrogens is 395 g/mol. The van der Waals surface area contributed by atoms with Crippen molar-refractivity contribution in [3.8, 4) is 11.4 Å². The van der Waals surface area contributed by atoms with Gasteiger partial charge in [-0.15, -0.1) is 0 Å². The third-order valence-corrected chi connectivity index (χ3v) is 4.94. The highest BCUT2D eigenvalue weighted by atomic mass is 35.5. The van der Waals surface area contributed by atoms with Crippen molar-refractivity contribution in [3.05, 3.63) is 59.0 Å². The minimum atomic E-state index is -0.577. The van der Waals surface area contributed by atoms with Crippen LogP contribution in [-0.4, -0.2) is 34.3 Å². The minimum absolute atomic E-state index is 0.281. The average Bonchev–Trinajstić information content (AvgIpc) is 2.90. The van der Waals surface area contributed by atoms with E-state index in [4.69, 9.17) is 21.1 Å². The molecule has 7 heteroatoms. The third-order valence-electron chi connectivity index (χ3n) is 4.66. The van der Waals surface area contributed by atoms with Crippen molar-refractivity contribution in [2.45, 2.75) is 32.9 Å². The monoisotopic (exact) mass is 416 g/mol. The molecule has 1 aliphatic heterocycles. The number of fused-ring (bicyclic) bond motifs is 2. The number of aromatic nitrogens is 1.